The van der Waals surface area contributed by atoms with Gasteiger partial charge in [0.15, 0.2) is 0 Å². The Morgan fingerprint density at radius 2 is 2.50 bits per heavy atom. The summed E-state index contributed by atoms with van der Waals surface area (Å²) in [5.74, 6) is 0.134. The molecule has 56 valence electrons. The van der Waals surface area contributed by atoms with Crippen LogP contribution in [0.4, 0.5) is 0 Å². The quantitative estimate of drug-likeness (QED) is 0.465. The first-order valence-electron chi connectivity index (χ1n) is 3.10. The number of ether oxygens (including phenoxy) is 1. The predicted octanol–water partition coefficient (Wildman–Crippen LogP) is -0.897. The van der Waals surface area contributed by atoms with Crippen molar-refractivity contribution in [3.63, 3.8) is 0 Å². The minimum absolute atomic E-state index is 0.262. The molecule has 1 aliphatic heterocycles. The Morgan fingerprint density at radius 3 is 3.00 bits per heavy atom. The van der Waals surface area contributed by atoms with E-state index in [1.54, 1.807) is 6.08 Å². The van der Waals surface area contributed by atoms with E-state index in [-0.39, 0.29) is 12.5 Å². The molecule has 1 rings (SSSR count). The Balaban J connectivity index is 2.61. The van der Waals surface area contributed by atoms with Crippen LogP contribution in [0.15, 0.2) is 11.8 Å². The molecule has 0 saturated heterocycles. The molecule has 1 aliphatic rings. The Morgan fingerprint density at radius 1 is 1.80 bits per heavy atom. The average molecular weight is 142 g/mol. The molecular weight excluding hydrogens is 132 g/mol. The molecule has 10 heavy (non-hydrogen) atoms. The summed E-state index contributed by atoms with van der Waals surface area (Å²) in [6, 6.07) is -0.504. The van der Waals surface area contributed by atoms with E-state index in [9.17, 15) is 4.79 Å². The molecule has 0 unspecified atom stereocenters. The van der Waals surface area contributed by atoms with E-state index >= 15 is 0 Å². The van der Waals surface area contributed by atoms with Gasteiger partial charge in [0.1, 0.15) is 11.8 Å². The number of rotatable bonds is 1. The second-order valence-electron chi connectivity index (χ2n) is 2.14. The van der Waals surface area contributed by atoms with Crippen molar-refractivity contribution in [2.24, 2.45) is 11.5 Å². The molecular formula is C6H10N2O2. The SMILES string of the molecule is NCC1=CC[C@@H](N)C(=O)O1. The van der Waals surface area contributed by atoms with Crippen LogP contribution in [0.1, 0.15) is 6.42 Å². The molecule has 0 saturated carbocycles. The molecule has 0 aliphatic carbocycles. The first-order valence-corrected chi connectivity index (χ1v) is 3.10. The Bertz CT molecular complexity index is 177. The molecule has 0 amide bonds. The summed E-state index contributed by atoms with van der Waals surface area (Å²) in [5.41, 5.74) is 10.6. The molecule has 4 nitrogen and oxygen atoms in total. The third-order valence-corrected chi connectivity index (χ3v) is 1.34. The number of hydrogen-bond donors (Lipinski definition) is 2. The van der Waals surface area contributed by atoms with Gasteiger partial charge in [-0.25, -0.2) is 4.79 Å². The molecule has 0 radical (unpaired) electrons. The van der Waals surface area contributed by atoms with Gasteiger partial charge >= 0.3 is 5.97 Å². The highest BCUT2D eigenvalue weighted by Crippen LogP contribution is 2.08. The van der Waals surface area contributed by atoms with Crippen molar-refractivity contribution in [2.45, 2.75) is 12.5 Å². The second kappa shape index (κ2) is 2.81. The van der Waals surface area contributed by atoms with Crippen LogP contribution >= 0.6 is 0 Å². The van der Waals surface area contributed by atoms with Crippen molar-refractivity contribution in [2.75, 3.05) is 6.54 Å². The van der Waals surface area contributed by atoms with Crippen molar-refractivity contribution < 1.29 is 9.53 Å². The number of cyclic esters (lactones) is 1. The fourth-order valence-electron chi connectivity index (χ4n) is 0.726. The number of hydrogen-bond acceptors (Lipinski definition) is 4. The maximum Gasteiger partial charge on any atom is 0.328 e. The largest absolute Gasteiger partial charge is 0.429 e. The molecule has 0 bridgehead atoms. The van der Waals surface area contributed by atoms with Crippen molar-refractivity contribution in [3.05, 3.63) is 11.8 Å². The predicted molar refractivity (Wildman–Crippen MR) is 35.8 cm³/mol. The zero-order valence-corrected chi connectivity index (χ0v) is 5.54. The third kappa shape index (κ3) is 1.34. The van der Waals surface area contributed by atoms with E-state index in [4.69, 9.17) is 16.2 Å². The van der Waals surface area contributed by atoms with Crippen LogP contribution in [0.3, 0.4) is 0 Å². The molecule has 4 heteroatoms. The van der Waals surface area contributed by atoms with Gasteiger partial charge in [-0.05, 0) is 12.5 Å². The Labute approximate surface area is 58.8 Å². The summed E-state index contributed by atoms with van der Waals surface area (Å²) >= 11 is 0. The summed E-state index contributed by atoms with van der Waals surface area (Å²) in [6.45, 7) is 0.262. The van der Waals surface area contributed by atoms with E-state index in [1.807, 2.05) is 0 Å². The van der Waals surface area contributed by atoms with Gasteiger partial charge in [0.25, 0.3) is 0 Å². The summed E-state index contributed by atoms with van der Waals surface area (Å²) in [6.07, 6.45) is 2.28. The molecule has 1 heterocycles. The average Bonchev–Trinajstić information content (AvgIpc) is 1.95. The van der Waals surface area contributed by atoms with Gasteiger partial charge in [-0.3, -0.25) is 0 Å². The molecule has 0 aromatic carbocycles. The molecule has 4 N–H and O–H groups in total. The van der Waals surface area contributed by atoms with Crippen molar-refractivity contribution in [1.82, 2.24) is 0 Å². The minimum Gasteiger partial charge on any atom is -0.429 e. The fraction of sp³-hybridized carbons (Fsp3) is 0.500. The lowest BCUT2D eigenvalue weighted by Gasteiger charge is -2.16. The van der Waals surface area contributed by atoms with E-state index in [2.05, 4.69) is 0 Å². The third-order valence-electron chi connectivity index (χ3n) is 1.34. The first-order chi connectivity index (χ1) is 4.74. The number of carbonyl (C=O) groups excluding carboxylic acids is 1. The van der Waals surface area contributed by atoms with Crippen LogP contribution in [0.25, 0.3) is 0 Å². The second-order valence-corrected chi connectivity index (χ2v) is 2.14. The maximum absolute atomic E-state index is 10.7. The standard InChI is InChI=1S/C6H10N2O2/c7-3-4-1-2-5(8)6(9)10-4/h1,5H,2-3,7-8H2/t5-/m1/s1. The van der Waals surface area contributed by atoms with Crippen LogP contribution in [0.2, 0.25) is 0 Å². The van der Waals surface area contributed by atoms with Crippen molar-refractivity contribution in [3.8, 4) is 0 Å². The van der Waals surface area contributed by atoms with Gasteiger partial charge in [-0.2, -0.15) is 0 Å². The van der Waals surface area contributed by atoms with Crippen LogP contribution < -0.4 is 11.5 Å². The van der Waals surface area contributed by atoms with Crippen LogP contribution in [-0.2, 0) is 9.53 Å². The van der Waals surface area contributed by atoms with Crippen molar-refractivity contribution >= 4 is 5.97 Å². The van der Waals surface area contributed by atoms with E-state index in [0.29, 0.717) is 12.2 Å². The molecule has 0 spiro atoms. The molecule has 0 fully saturated rings. The number of esters is 1. The first kappa shape index (κ1) is 7.24. The van der Waals surface area contributed by atoms with Gasteiger partial charge in [0.2, 0.25) is 0 Å². The monoisotopic (exact) mass is 142 g/mol. The summed E-state index contributed by atoms with van der Waals surface area (Å²) < 4.78 is 4.72. The summed E-state index contributed by atoms with van der Waals surface area (Å²) in [5, 5.41) is 0. The fourth-order valence-corrected chi connectivity index (χ4v) is 0.726. The lowest BCUT2D eigenvalue weighted by Crippen LogP contribution is -2.35. The highest BCUT2D eigenvalue weighted by atomic mass is 16.5. The van der Waals surface area contributed by atoms with Gasteiger partial charge in [-0.15, -0.1) is 0 Å². The number of nitrogens with two attached hydrogens (primary N) is 2. The number of carbonyl (C=O) groups is 1. The van der Waals surface area contributed by atoms with E-state index in [1.165, 1.54) is 0 Å². The summed E-state index contributed by atoms with van der Waals surface area (Å²) in [7, 11) is 0. The Hall–Kier alpha value is -0.870. The lowest BCUT2D eigenvalue weighted by atomic mass is 10.1. The van der Waals surface area contributed by atoms with Gasteiger partial charge in [0.05, 0.1) is 6.54 Å². The van der Waals surface area contributed by atoms with E-state index in [0.717, 1.165) is 0 Å². The smallest absolute Gasteiger partial charge is 0.328 e. The van der Waals surface area contributed by atoms with Gasteiger partial charge < -0.3 is 16.2 Å². The molecule has 1 atom stereocenters. The topological polar surface area (TPSA) is 78.3 Å². The minimum atomic E-state index is -0.504. The van der Waals surface area contributed by atoms with Crippen LogP contribution in [0, 0.1) is 0 Å². The summed E-state index contributed by atoms with van der Waals surface area (Å²) in [4.78, 5) is 10.7. The zero-order valence-electron chi connectivity index (χ0n) is 5.54. The van der Waals surface area contributed by atoms with Crippen molar-refractivity contribution in [1.29, 1.82) is 0 Å². The van der Waals surface area contributed by atoms with Crippen LogP contribution in [0.5, 0.6) is 0 Å². The maximum atomic E-state index is 10.7. The lowest BCUT2D eigenvalue weighted by molar-refractivity contribution is -0.142. The molecule has 0 aromatic rings. The highest BCUT2D eigenvalue weighted by molar-refractivity contribution is 5.77. The normalized spacial score (nSPS) is 25.6. The molecule has 0 aromatic heterocycles. The highest BCUT2D eigenvalue weighted by Gasteiger charge is 2.19. The zero-order chi connectivity index (χ0) is 7.56. The Kier molecular flexibility index (Phi) is 2.03. The van der Waals surface area contributed by atoms with Gasteiger partial charge in [0, 0.05) is 0 Å². The van der Waals surface area contributed by atoms with E-state index < -0.39 is 6.04 Å². The van der Waals surface area contributed by atoms with Gasteiger partial charge in [-0.1, -0.05) is 0 Å². The van der Waals surface area contributed by atoms with Crippen LogP contribution in [-0.4, -0.2) is 18.6 Å².